The highest BCUT2D eigenvalue weighted by molar-refractivity contribution is 7.12. The van der Waals surface area contributed by atoms with Crippen molar-refractivity contribution in [2.75, 3.05) is 12.4 Å². The minimum absolute atomic E-state index is 0.147. The zero-order valence-corrected chi connectivity index (χ0v) is 18.4. The average Bonchev–Trinajstić information content (AvgIpc) is 3.46. The fraction of sp³-hybridized carbons (Fsp3) is 0.217. The van der Waals surface area contributed by atoms with Gasteiger partial charge in [0.25, 0.3) is 11.8 Å². The zero-order chi connectivity index (χ0) is 22.7. The lowest BCUT2D eigenvalue weighted by Gasteiger charge is -2.13. The molecule has 164 valence electrons. The number of carbonyl (C=O) groups excluding carboxylic acids is 3. The Morgan fingerprint density at radius 1 is 1.09 bits per heavy atom. The van der Waals surface area contributed by atoms with Crippen LogP contribution in [0.5, 0.6) is 0 Å². The van der Waals surface area contributed by atoms with E-state index >= 15 is 0 Å². The number of carbonyl (C=O) groups is 3. The molecule has 2 aromatic heterocycles. The van der Waals surface area contributed by atoms with Crippen molar-refractivity contribution < 1.29 is 23.5 Å². The van der Waals surface area contributed by atoms with E-state index in [-0.39, 0.29) is 17.2 Å². The van der Waals surface area contributed by atoms with Crippen LogP contribution in [-0.2, 0) is 11.2 Å². The summed E-state index contributed by atoms with van der Waals surface area (Å²) >= 11 is 1.33. The number of benzene rings is 1. The maximum Gasteiger partial charge on any atom is 0.339 e. The molecule has 1 aliphatic carbocycles. The summed E-state index contributed by atoms with van der Waals surface area (Å²) in [5.74, 6) is -0.501. The molecule has 3 aromatic rings. The van der Waals surface area contributed by atoms with E-state index in [1.807, 2.05) is 5.38 Å². The maximum atomic E-state index is 13.0. The molecule has 0 bridgehead atoms. The molecule has 0 unspecified atom stereocenters. The molecule has 0 atom stereocenters. The molecule has 2 N–H and O–H groups in total. The van der Waals surface area contributed by atoms with E-state index in [0.717, 1.165) is 12.0 Å². The number of para-hydroxylation sites is 1. The first-order chi connectivity index (χ1) is 15.5. The number of hydrogen-bond donors (Lipinski definition) is 2. The molecule has 2 heterocycles. The topological polar surface area (TPSA) is 110 Å². The minimum Gasteiger partial charge on any atom is -0.465 e. The summed E-state index contributed by atoms with van der Waals surface area (Å²) < 4.78 is 10.7. The fourth-order valence-corrected chi connectivity index (χ4v) is 4.25. The van der Waals surface area contributed by atoms with E-state index in [1.54, 1.807) is 43.3 Å². The summed E-state index contributed by atoms with van der Waals surface area (Å²) in [4.78, 5) is 37.8. The third-order valence-corrected chi connectivity index (χ3v) is 6.02. The van der Waals surface area contributed by atoms with Crippen LogP contribution in [0.15, 0.2) is 51.3 Å². The van der Waals surface area contributed by atoms with Crippen molar-refractivity contribution in [3.8, 4) is 0 Å². The number of rotatable bonds is 5. The van der Waals surface area contributed by atoms with E-state index < -0.39 is 11.9 Å². The molecule has 4 rings (SSSR count). The Morgan fingerprint density at radius 2 is 1.91 bits per heavy atom. The van der Waals surface area contributed by atoms with Gasteiger partial charge in [-0.15, -0.1) is 11.3 Å². The second-order valence-corrected chi connectivity index (χ2v) is 8.12. The SMILES string of the molecule is COC(=O)c1ccccc1NC(=O)c1oc2c(c1C)/C(=N/NC(=O)c1cccs1)CCC2. The Labute approximate surface area is 188 Å². The van der Waals surface area contributed by atoms with Crippen molar-refractivity contribution in [1.29, 1.82) is 0 Å². The Balaban J connectivity index is 1.59. The molecule has 2 amide bonds. The highest BCUT2D eigenvalue weighted by Gasteiger charge is 2.28. The van der Waals surface area contributed by atoms with Gasteiger partial charge in [0.2, 0.25) is 0 Å². The molecular formula is C23H21N3O5S. The van der Waals surface area contributed by atoms with Gasteiger partial charge in [-0.2, -0.15) is 5.10 Å². The number of nitrogens with zero attached hydrogens (tertiary/aromatic N) is 1. The molecule has 9 heteroatoms. The molecule has 0 spiro atoms. The number of amides is 2. The van der Waals surface area contributed by atoms with Gasteiger partial charge < -0.3 is 14.5 Å². The van der Waals surface area contributed by atoms with Crippen molar-refractivity contribution >= 4 is 40.5 Å². The van der Waals surface area contributed by atoms with Crippen molar-refractivity contribution in [2.45, 2.75) is 26.2 Å². The molecule has 0 fully saturated rings. The molecule has 1 aliphatic rings. The van der Waals surface area contributed by atoms with Crippen molar-refractivity contribution in [2.24, 2.45) is 5.10 Å². The van der Waals surface area contributed by atoms with Crippen LogP contribution in [0.1, 0.15) is 60.3 Å². The largest absolute Gasteiger partial charge is 0.465 e. The van der Waals surface area contributed by atoms with Gasteiger partial charge in [0.15, 0.2) is 5.76 Å². The number of ether oxygens (including phenoxy) is 1. The smallest absolute Gasteiger partial charge is 0.339 e. The summed E-state index contributed by atoms with van der Waals surface area (Å²) in [6.45, 7) is 1.78. The summed E-state index contributed by atoms with van der Waals surface area (Å²) in [7, 11) is 1.28. The number of fused-ring (bicyclic) bond motifs is 1. The van der Waals surface area contributed by atoms with E-state index in [4.69, 9.17) is 9.15 Å². The lowest BCUT2D eigenvalue weighted by Crippen LogP contribution is -2.21. The normalized spacial score (nSPS) is 14.0. The lowest BCUT2D eigenvalue weighted by atomic mass is 9.93. The van der Waals surface area contributed by atoms with E-state index in [2.05, 4.69) is 15.8 Å². The zero-order valence-electron chi connectivity index (χ0n) is 17.6. The lowest BCUT2D eigenvalue weighted by molar-refractivity contribution is 0.0601. The van der Waals surface area contributed by atoms with Crippen LogP contribution in [-0.4, -0.2) is 30.6 Å². The van der Waals surface area contributed by atoms with Gasteiger partial charge in [-0.3, -0.25) is 9.59 Å². The van der Waals surface area contributed by atoms with Crippen LogP contribution in [0.2, 0.25) is 0 Å². The number of thiophene rings is 1. The summed E-state index contributed by atoms with van der Waals surface area (Å²) in [6, 6.07) is 10.1. The number of aryl methyl sites for hydroxylation is 1. The number of esters is 1. The molecule has 0 aliphatic heterocycles. The first-order valence-electron chi connectivity index (χ1n) is 10.0. The van der Waals surface area contributed by atoms with Gasteiger partial charge in [0.1, 0.15) is 5.76 Å². The molecule has 0 saturated heterocycles. The Morgan fingerprint density at radius 3 is 2.66 bits per heavy atom. The molecule has 8 nitrogen and oxygen atoms in total. The second kappa shape index (κ2) is 9.19. The summed E-state index contributed by atoms with van der Waals surface area (Å²) in [6.07, 6.45) is 2.12. The predicted octanol–water partition coefficient (Wildman–Crippen LogP) is 4.16. The number of nitrogens with one attached hydrogen (secondary N) is 2. The van der Waals surface area contributed by atoms with E-state index in [9.17, 15) is 14.4 Å². The molecular weight excluding hydrogens is 430 g/mol. The van der Waals surface area contributed by atoms with Crippen LogP contribution in [0.25, 0.3) is 0 Å². The van der Waals surface area contributed by atoms with Gasteiger partial charge in [0.05, 0.1) is 28.9 Å². The Kier molecular flexibility index (Phi) is 6.18. The van der Waals surface area contributed by atoms with Crippen molar-refractivity contribution in [3.63, 3.8) is 0 Å². The number of furan rings is 1. The first kappa shape index (κ1) is 21.5. The third-order valence-electron chi connectivity index (χ3n) is 5.15. The molecule has 0 saturated carbocycles. The predicted molar refractivity (Wildman–Crippen MR) is 120 cm³/mol. The quantitative estimate of drug-likeness (QED) is 0.447. The second-order valence-electron chi connectivity index (χ2n) is 7.18. The van der Waals surface area contributed by atoms with Crippen LogP contribution in [0, 0.1) is 6.92 Å². The van der Waals surface area contributed by atoms with Gasteiger partial charge in [-0.1, -0.05) is 18.2 Å². The van der Waals surface area contributed by atoms with E-state index in [1.165, 1.54) is 18.4 Å². The van der Waals surface area contributed by atoms with Gasteiger partial charge in [0, 0.05) is 17.5 Å². The summed E-state index contributed by atoms with van der Waals surface area (Å²) in [5, 5.41) is 8.87. The van der Waals surface area contributed by atoms with Gasteiger partial charge in [-0.25, -0.2) is 10.2 Å². The van der Waals surface area contributed by atoms with Crippen LogP contribution in [0.3, 0.4) is 0 Å². The molecule has 0 radical (unpaired) electrons. The number of hydrogen-bond acceptors (Lipinski definition) is 7. The standard InChI is InChI=1S/C23H21N3O5S/c1-13-19-16(25-26-21(27)18-11-6-12-32-18)9-5-10-17(19)31-20(13)22(28)24-15-8-4-3-7-14(15)23(29)30-2/h3-4,6-8,11-12H,5,9-10H2,1-2H3,(H,24,28)(H,26,27)/b25-16+. The number of hydrazone groups is 1. The van der Waals surface area contributed by atoms with E-state index in [0.29, 0.717) is 40.4 Å². The van der Waals surface area contributed by atoms with Gasteiger partial charge >= 0.3 is 5.97 Å². The number of anilines is 1. The van der Waals surface area contributed by atoms with Gasteiger partial charge in [-0.05, 0) is 43.3 Å². The average molecular weight is 452 g/mol. The Hall–Kier alpha value is -3.72. The highest BCUT2D eigenvalue weighted by atomic mass is 32.1. The molecule has 1 aromatic carbocycles. The Bertz CT molecular complexity index is 1210. The van der Waals surface area contributed by atoms with Crippen molar-refractivity contribution in [1.82, 2.24) is 5.43 Å². The highest BCUT2D eigenvalue weighted by Crippen LogP contribution is 2.30. The monoisotopic (exact) mass is 451 g/mol. The fourth-order valence-electron chi connectivity index (χ4n) is 3.64. The van der Waals surface area contributed by atoms with Crippen LogP contribution < -0.4 is 10.7 Å². The summed E-state index contributed by atoms with van der Waals surface area (Å²) in [5.41, 5.74) is 5.22. The first-order valence-corrected chi connectivity index (χ1v) is 10.9. The maximum absolute atomic E-state index is 13.0. The van der Waals surface area contributed by atoms with Crippen molar-refractivity contribution in [3.05, 3.63) is 74.9 Å². The number of methoxy groups -OCH3 is 1. The third kappa shape index (κ3) is 4.19. The van der Waals surface area contributed by atoms with Crippen LogP contribution in [0.4, 0.5) is 5.69 Å². The van der Waals surface area contributed by atoms with Crippen LogP contribution >= 0.6 is 11.3 Å². The molecule has 32 heavy (non-hydrogen) atoms. The minimum atomic E-state index is -0.549.